The molecular weight excluding hydrogens is 408 g/mol. The number of aromatic amines is 1. The second-order valence-electron chi connectivity index (χ2n) is 6.33. The largest absolute Gasteiger partial charge is 0.443 e. The average molecular weight is 420 g/mol. The Morgan fingerprint density at radius 3 is 2.63 bits per heavy atom. The number of aromatic nitrogens is 2. The number of H-pyrrole nitrogens is 1. The number of carbonyl (C=O) groups is 2. The number of rotatable bonds is 4. The van der Waals surface area contributed by atoms with Gasteiger partial charge in [-0.3, -0.25) is 15.1 Å². The van der Waals surface area contributed by atoms with Gasteiger partial charge in [0.15, 0.2) is 24.0 Å². The van der Waals surface area contributed by atoms with E-state index in [1.807, 2.05) is 0 Å². The van der Waals surface area contributed by atoms with Crippen molar-refractivity contribution in [3.05, 3.63) is 58.7 Å². The maximum absolute atomic E-state index is 13.8. The lowest BCUT2D eigenvalue weighted by atomic mass is 9.92. The molecule has 154 valence electrons. The van der Waals surface area contributed by atoms with Crippen LogP contribution in [0.4, 0.5) is 28.3 Å². The van der Waals surface area contributed by atoms with Crippen molar-refractivity contribution < 1.29 is 31.9 Å². The highest BCUT2D eigenvalue weighted by atomic mass is 19.3. The molecule has 2 heterocycles. The van der Waals surface area contributed by atoms with Gasteiger partial charge in [0.2, 0.25) is 5.95 Å². The molecule has 1 aliphatic rings. The van der Waals surface area contributed by atoms with E-state index in [1.165, 1.54) is 0 Å². The van der Waals surface area contributed by atoms with E-state index in [9.17, 15) is 27.2 Å². The highest BCUT2D eigenvalue weighted by Gasteiger charge is 2.24. The zero-order valence-electron chi connectivity index (χ0n) is 15.0. The van der Waals surface area contributed by atoms with Gasteiger partial charge in [0.25, 0.3) is 6.43 Å². The molecule has 7 nitrogen and oxygen atoms in total. The summed E-state index contributed by atoms with van der Waals surface area (Å²) in [7, 11) is 0. The Labute approximate surface area is 165 Å². The van der Waals surface area contributed by atoms with Crippen LogP contribution in [0.5, 0.6) is 0 Å². The average Bonchev–Trinajstić information content (AvgIpc) is 3.09. The fraction of sp³-hybridized carbons (Fsp3) is 0.158. The Hall–Kier alpha value is -3.76. The van der Waals surface area contributed by atoms with Crippen LogP contribution < -0.4 is 5.32 Å². The van der Waals surface area contributed by atoms with Crippen molar-refractivity contribution >= 4 is 34.6 Å². The summed E-state index contributed by atoms with van der Waals surface area (Å²) in [6.07, 6.45) is -3.89. The summed E-state index contributed by atoms with van der Waals surface area (Å²) < 4.78 is 55.8. The minimum Gasteiger partial charge on any atom is -0.443 e. The number of carbonyl (C=O) groups excluding carboxylic acids is 2. The molecule has 0 unspecified atom stereocenters. The molecule has 0 fully saturated rings. The molecule has 0 radical (unpaired) electrons. The number of halogens is 4. The highest BCUT2D eigenvalue weighted by Crippen LogP contribution is 2.25. The number of hydrogen-bond acceptors (Lipinski definition) is 5. The van der Waals surface area contributed by atoms with Crippen molar-refractivity contribution in [3.63, 3.8) is 0 Å². The van der Waals surface area contributed by atoms with Crippen LogP contribution in [0.1, 0.15) is 21.5 Å². The molecule has 0 saturated heterocycles. The Bertz CT molecular complexity index is 1210. The third kappa shape index (κ3) is 3.73. The van der Waals surface area contributed by atoms with Crippen LogP contribution in [0.3, 0.4) is 0 Å². The summed E-state index contributed by atoms with van der Waals surface area (Å²) in [6, 6.07) is 6.56. The number of amides is 1. The summed E-state index contributed by atoms with van der Waals surface area (Å²) in [5.74, 6) is -2.69. The lowest BCUT2D eigenvalue weighted by Gasteiger charge is -2.16. The van der Waals surface area contributed by atoms with Gasteiger partial charge in [-0.1, -0.05) is 6.07 Å². The Kier molecular flexibility index (Phi) is 4.94. The first kappa shape index (κ1) is 19.6. The molecule has 3 aromatic rings. The predicted molar refractivity (Wildman–Crippen MR) is 98.3 cm³/mol. The lowest BCUT2D eigenvalue weighted by molar-refractivity contribution is 0.0547. The Morgan fingerprint density at radius 2 is 1.90 bits per heavy atom. The third-order valence-corrected chi connectivity index (χ3v) is 4.31. The van der Waals surface area contributed by atoms with Crippen molar-refractivity contribution in [1.29, 1.82) is 0 Å². The number of alkyl halides is 2. The number of nitrogens with one attached hydrogen (secondary N) is 2. The number of Topliss-reactive ketones (excluding diaryl/α,β-unsaturated/α-hetero) is 1. The molecule has 1 aromatic heterocycles. The van der Waals surface area contributed by atoms with E-state index in [2.05, 4.69) is 25.0 Å². The van der Waals surface area contributed by atoms with Crippen molar-refractivity contribution in [2.24, 2.45) is 4.99 Å². The maximum Gasteiger partial charge on any atom is 0.414 e. The number of nitrogens with zero attached hydrogens (tertiary/aromatic N) is 2. The molecule has 0 atom stereocenters. The number of anilines is 1. The van der Waals surface area contributed by atoms with E-state index in [-0.39, 0.29) is 23.6 Å². The van der Waals surface area contributed by atoms with Gasteiger partial charge in [0, 0.05) is 16.7 Å². The fourth-order valence-corrected chi connectivity index (χ4v) is 3.03. The zero-order chi connectivity index (χ0) is 21.4. The van der Waals surface area contributed by atoms with Crippen molar-refractivity contribution in [2.45, 2.75) is 6.43 Å². The first-order chi connectivity index (χ1) is 14.3. The number of fused-ring (bicyclic) bond motifs is 2. The van der Waals surface area contributed by atoms with Crippen LogP contribution in [0, 0.1) is 11.6 Å². The quantitative estimate of drug-likeness (QED) is 0.630. The van der Waals surface area contributed by atoms with Crippen molar-refractivity contribution in [3.8, 4) is 0 Å². The number of imidazole rings is 1. The normalized spacial score (nSPS) is 13.4. The SMILES string of the molecule is O=C(Nc1nc2ccc(C3=NCC(=O)c4cc(F)c(F)cc43)cc2[nH]1)OCC(F)F. The van der Waals surface area contributed by atoms with Gasteiger partial charge in [0.1, 0.15) is 6.54 Å². The van der Waals surface area contributed by atoms with Gasteiger partial charge in [-0.15, -0.1) is 0 Å². The first-order valence-corrected chi connectivity index (χ1v) is 8.61. The van der Waals surface area contributed by atoms with Crippen LogP contribution in [0.15, 0.2) is 35.3 Å². The van der Waals surface area contributed by atoms with Gasteiger partial charge < -0.3 is 9.72 Å². The minimum absolute atomic E-state index is 0.0318. The van der Waals surface area contributed by atoms with E-state index >= 15 is 0 Å². The van der Waals surface area contributed by atoms with Crippen LogP contribution >= 0.6 is 0 Å². The topological polar surface area (TPSA) is 96.4 Å². The summed E-state index contributed by atoms with van der Waals surface area (Å²) in [5, 5.41) is 2.19. The highest BCUT2D eigenvalue weighted by molar-refractivity contribution is 6.22. The number of ketones is 1. The molecule has 11 heteroatoms. The summed E-state index contributed by atoms with van der Waals surface area (Å²) in [6.45, 7) is -1.26. The molecule has 0 aliphatic carbocycles. The van der Waals surface area contributed by atoms with E-state index in [1.54, 1.807) is 18.2 Å². The minimum atomic E-state index is -2.79. The number of aliphatic imine (C=N–C) groups is 1. The second-order valence-corrected chi connectivity index (χ2v) is 6.33. The van der Waals surface area contributed by atoms with Crippen LogP contribution in [-0.2, 0) is 4.74 Å². The van der Waals surface area contributed by atoms with Gasteiger partial charge in [-0.05, 0) is 24.3 Å². The van der Waals surface area contributed by atoms with E-state index in [4.69, 9.17) is 0 Å². The number of ether oxygens (including phenoxy) is 1. The first-order valence-electron chi connectivity index (χ1n) is 8.61. The molecule has 30 heavy (non-hydrogen) atoms. The van der Waals surface area contributed by atoms with Crippen LogP contribution in [0.25, 0.3) is 11.0 Å². The van der Waals surface area contributed by atoms with Crippen LogP contribution in [-0.4, -0.2) is 47.1 Å². The fourth-order valence-electron chi connectivity index (χ4n) is 3.03. The Morgan fingerprint density at radius 1 is 1.17 bits per heavy atom. The smallest absolute Gasteiger partial charge is 0.414 e. The summed E-state index contributed by atoms with van der Waals surface area (Å²) in [5.41, 5.74) is 1.87. The standard InChI is InChI=1S/C19H12F4N4O3/c20-11-4-9-10(5-12(11)21)17(24-6-15(9)28)8-1-2-13-14(3-8)26-18(25-13)27-19(29)30-7-16(22)23/h1-5,16H,6-7H2,(H2,25,26,27,29). The van der Waals surface area contributed by atoms with Gasteiger partial charge in [-0.2, -0.15) is 0 Å². The van der Waals surface area contributed by atoms with Crippen molar-refractivity contribution in [2.75, 3.05) is 18.5 Å². The monoisotopic (exact) mass is 420 g/mol. The van der Waals surface area contributed by atoms with E-state index in [0.717, 1.165) is 12.1 Å². The molecule has 0 bridgehead atoms. The maximum atomic E-state index is 13.8. The molecule has 1 aliphatic heterocycles. The molecule has 4 rings (SSSR count). The van der Waals surface area contributed by atoms with Gasteiger partial charge >= 0.3 is 6.09 Å². The summed E-state index contributed by atoms with van der Waals surface area (Å²) in [4.78, 5) is 34.6. The molecule has 2 N–H and O–H groups in total. The zero-order valence-corrected chi connectivity index (χ0v) is 15.0. The summed E-state index contributed by atoms with van der Waals surface area (Å²) >= 11 is 0. The second kappa shape index (κ2) is 7.58. The lowest BCUT2D eigenvalue weighted by Crippen LogP contribution is -2.20. The number of hydrogen-bond donors (Lipinski definition) is 2. The molecule has 2 aromatic carbocycles. The molecule has 0 saturated carbocycles. The molecule has 1 amide bonds. The predicted octanol–water partition coefficient (Wildman–Crippen LogP) is 3.69. The Balaban J connectivity index is 1.64. The van der Waals surface area contributed by atoms with Gasteiger partial charge in [-0.25, -0.2) is 27.3 Å². The van der Waals surface area contributed by atoms with Crippen LogP contribution in [0.2, 0.25) is 0 Å². The molecule has 0 spiro atoms. The third-order valence-electron chi connectivity index (χ3n) is 4.31. The number of benzene rings is 2. The molecular formula is C19H12F4N4O3. The van der Waals surface area contributed by atoms with Gasteiger partial charge in [0.05, 0.1) is 16.7 Å². The van der Waals surface area contributed by atoms with Crippen molar-refractivity contribution in [1.82, 2.24) is 9.97 Å². The van der Waals surface area contributed by atoms with E-state index in [0.29, 0.717) is 22.3 Å². The van der Waals surface area contributed by atoms with E-state index < -0.39 is 36.5 Å².